The van der Waals surface area contributed by atoms with Gasteiger partial charge in [0.2, 0.25) is 0 Å². The molecule has 1 unspecified atom stereocenters. The largest absolute Gasteiger partial charge is 0.480 e. The van der Waals surface area contributed by atoms with Crippen molar-refractivity contribution in [3.63, 3.8) is 0 Å². The number of nitrogens with two attached hydrogens (primary N) is 1. The normalized spacial score (nSPS) is 22.1. The van der Waals surface area contributed by atoms with Gasteiger partial charge in [0, 0.05) is 11.5 Å². The fourth-order valence-electron chi connectivity index (χ4n) is 1.62. The van der Waals surface area contributed by atoms with Crippen LogP contribution in [-0.4, -0.2) is 39.3 Å². The van der Waals surface area contributed by atoms with E-state index in [1.165, 1.54) is 11.8 Å². The third-order valence-electron chi connectivity index (χ3n) is 2.52. The van der Waals surface area contributed by atoms with Gasteiger partial charge in [-0.25, -0.2) is 0 Å². The number of carboxylic acids is 1. The molecule has 0 aliphatic heterocycles. The lowest BCUT2D eigenvalue weighted by molar-refractivity contribution is -0.137. The monoisotopic (exact) mass is 219 g/mol. The highest BCUT2D eigenvalue weighted by molar-refractivity contribution is 7.99. The van der Waals surface area contributed by atoms with Gasteiger partial charge in [0.25, 0.3) is 0 Å². The molecule has 1 aliphatic carbocycles. The first-order valence-corrected chi connectivity index (χ1v) is 5.97. The van der Waals surface area contributed by atoms with Crippen LogP contribution in [0.25, 0.3) is 0 Å². The third-order valence-corrected chi connectivity index (χ3v) is 3.86. The first-order chi connectivity index (χ1) is 6.53. The van der Waals surface area contributed by atoms with E-state index >= 15 is 0 Å². The Kier molecular flexibility index (Phi) is 4.22. The van der Waals surface area contributed by atoms with Gasteiger partial charge < -0.3 is 15.9 Å². The van der Waals surface area contributed by atoms with Crippen LogP contribution in [0, 0.1) is 0 Å². The Balaban J connectivity index is 2.17. The molecule has 1 rings (SSSR count). The van der Waals surface area contributed by atoms with E-state index < -0.39 is 17.6 Å². The van der Waals surface area contributed by atoms with E-state index in [-0.39, 0.29) is 0 Å². The van der Waals surface area contributed by atoms with Gasteiger partial charge in [-0.2, -0.15) is 11.8 Å². The lowest BCUT2D eigenvalue weighted by atomic mass is 10.1. The van der Waals surface area contributed by atoms with Crippen molar-refractivity contribution < 1.29 is 15.0 Å². The van der Waals surface area contributed by atoms with Gasteiger partial charge >= 0.3 is 5.97 Å². The molecule has 14 heavy (non-hydrogen) atoms. The van der Waals surface area contributed by atoms with Gasteiger partial charge in [-0.1, -0.05) is 12.8 Å². The summed E-state index contributed by atoms with van der Waals surface area (Å²) in [5.74, 6) is 0.00179. The molecule has 1 aliphatic rings. The van der Waals surface area contributed by atoms with Crippen molar-refractivity contribution in [3.8, 4) is 0 Å². The molecule has 0 spiro atoms. The summed E-state index contributed by atoms with van der Waals surface area (Å²) in [7, 11) is 0. The first-order valence-electron chi connectivity index (χ1n) is 4.82. The number of aliphatic hydroxyl groups is 1. The molecule has 0 aromatic rings. The van der Waals surface area contributed by atoms with Crippen molar-refractivity contribution in [2.45, 2.75) is 37.3 Å². The molecular weight excluding hydrogens is 202 g/mol. The van der Waals surface area contributed by atoms with Crippen LogP contribution in [0.3, 0.4) is 0 Å². The molecular formula is C9H17NO3S. The van der Waals surface area contributed by atoms with E-state index in [1.54, 1.807) is 0 Å². The van der Waals surface area contributed by atoms with E-state index in [2.05, 4.69) is 0 Å². The van der Waals surface area contributed by atoms with Crippen molar-refractivity contribution in [2.24, 2.45) is 5.73 Å². The number of rotatable bonds is 5. The Bertz CT molecular complexity index is 204. The average Bonchev–Trinajstić information content (AvgIpc) is 2.52. The van der Waals surface area contributed by atoms with E-state index in [0.29, 0.717) is 11.5 Å². The second-order valence-corrected chi connectivity index (χ2v) is 4.92. The smallest absolute Gasteiger partial charge is 0.321 e. The second kappa shape index (κ2) is 5.00. The lowest BCUT2D eigenvalue weighted by Crippen LogP contribution is -2.34. The maximum absolute atomic E-state index is 10.4. The molecule has 0 aromatic heterocycles. The number of carbonyl (C=O) groups is 1. The Morgan fingerprint density at radius 2 is 2.07 bits per heavy atom. The van der Waals surface area contributed by atoms with E-state index in [4.69, 9.17) is 10.8 Å². The van der Waals surface area contributed by atoms with Crippen LogP contribution in [-0.2, 0) is 4.79 Å². The fourth-order valence-corrected chi connectivity index (χ4v) is 2.81. The molecule has 82 valence electrons. The van der Waals surface area contributed by atoms with E-state index in [9.17, 15) is 9.90 Å². The van der Waals surface area contributed by atoms with Gasteiger partial charge in [-0.3, -0.25) is 4.79 Å². The summed E-state index contributed by atoms with van der Waals surface area (Å²) in [6, 6.07) is -0.815. The average molecular weight is 219 g/mol. The number of aliphatic carboxylic acids is 1. The van der Waals surface area contributed by atoms with Crippen molar-refractivity contribution in [1.29, 1.82) is 0 Å². The van der Waals surface area contributed by atoms with Crippen molar-refractivity contribution in [3.05, 3.63) is 0 Å². The lowest BCUT2D eigenvalue weighted by Gasteiger charge is -2.21. The van der Waals surface area contributed by atoms with Crippen LogP contribution in [0.5, 0.6) is 0 Å². The van der Waals surface area contributed by atoms with Gasteiger partial charge in [-0.05, 0) is 12.8 Å². The molecule has 4 nitrogen and oxygen atoms in total. The zero-order valence-electron chi connectivity index (χ0n) is 8.11. The standard InChI is InChI=1S/C9H17NO3S/c10-7(8(11)12)5-14-6-9(13)3-1-2-4-9/h7,13H,1-6,10H2,(H,11,12). The highest BCUT2D eigenvalue weighted by Crippen LogP contribution is 2.32. The minimum absolute atomic E-state index is 0.373. The van der Waals surface area contributed by atoms with Gasteiger partial charge in [0.15, 0.2) is 0 Å². The summed E-state index contributed by atoms with van der Waals surface area (Å²) < 4.78 is 0. The predicted octanol–water partition coefficient (Wildman–Crippen LogP) is 0.437. The Hall–Kier alpha value is -0.260. The van der Waals surface area contributed by atoms with Crippen LogP contribution < -0.4 is 5.73 Å². The Morgan fingerprint density at radius 1 is 1.50 bits per heavy atom. The van der Waals surface area contributed by atoms with Crippen LogP contribution in [0.1, 0.15) is 25.7 Å². The zero-order valence-corrected chi connectivity index (χ0v) is 8.92. The molecule has 0 aromatic carbocycles. The maximum atomic E-state index is 10.4. The third kappa shape index (κ3) is 3.48. The molecule has 5 heteroatoms. The maximum Gasteiger partial charge on any atom is 0.321 e. The first kappa shape index (κ1) is 11.8. The van der Waals surface area contributed by atoms with Crippen LogP contribution in [0.4, 0.5) is 0 Å². The highest BCUT2D eigenvalue weighted by Gasteiger charge is 2.31. The SMILES string of the molecule is NC(CSCC1(O)CCCC1)C(=O)O. The Morgan fingerprint density at radius 3 is 2.57 bits per heavy atom. The molecule has 0 radical (unpaired) electrons. The minimum atomic E-state index is -0.976. The number of hydrogen-bond donors (Lipinski definition) is 3. The molecule has 0 heterocycles. The van der Waals surface area contributed by atoms with Gasteiger partial charge in [0.1, 0.15) is 6.04 Å². The quantitative estimate of drug-likeness (QED) is 0.625. The number of hydrogen-bond acceptors (Lipinski definition) is 4. The summed E-state index contributed by atoms with van der Waals surface area (Å²) in [5.41, 5.74) is 4.78. The molecule has 1 fully saturated rings. The summed E-state index contributed by atoms with van der Waals surface area (Å²) in [4.78, 5) is 10.4. The second-order valence-electron chi connectivity index (χ2n) is 3.89. The molecule has 0 amide bonds. The fraction of sp³-hybridized carbons (Fsp3) is 0.889. The van der Waals surface area contributed by atoms with Crippen LogP contribution in [0.2, 0.25) is 0 Å². The van der Waals surface area contributed by atoms with Gasteiger partial charge in [-0.15, -0.1) is 0 Å². The van der Waals surface area contributed by atoms with Crippen molar-refractivity contribution in [1.82, 2.24) is 0 Å². The summed E-state index contributed by atoms with van der Waals surface area (Å²) >= 11 is 1.43. The summed E-state index contributed by atoms with van der Waals surface area (Å²) in [5, 5.41) is 18.5. The van der Waals surface area contributed by atoms with Crippen molar-refractivity contribution in [2.75, 3.05) is 11.5 Å². The number of carboxylic acid groups (broad SMARTS) is 1. The summed E-state index contributed by atoms with van der Waals surface area (Å²) in [6.45, 7) is 0. The number of thioether (sulfide) groups is 1. The molecule has 0 bridgehead atoms. The zero-order chi connectivity index (χ0) is 10.6. The Labute approximate surface area is 87.9 Å². The molecule has 1 saturated carbocycles. The topological polar surface area (TPSA) is 83.5 Å². The minimum Gasteiger partial charge on any atom is -0.480 e. The van der Waals surface area contributed by atoms with Crippen LogP contribution >= 0.6 is 11.8 Å². The predicted molar refractivity (Wildman–Crippen MR) is 56.4 cm³/mol. The molecule has 0 saturated heterocycles. The molecule has 1 atom stereocenters. The van der Waals surface area contributed by atoms with Gasteiger partial charge in [0.05, 0.1) is 5.60 Å². The van der Waals surface area contributed by atoms with Crippen molar-refractivity contribution >= 4 is 17.7 Å². The van der Waals surface area contributed by atoms with E-state index in [0.717, 1.165) is 25.7 Å². The van der Waals surface area contributed by atoms with Crippen LogP contribution in [0.15, 0.2) is 0 Å². The molecule has 4 N–H and O–H groups in total. The van der Waals surface area contributed by atoms with E-state index in [1.807, 2.05) is 0 Å². The summed E-state index contributed by atoms with van der Waals surface area (Å²) in [6.07, 6.45) is 3.81. The highest BCUT2D eigenvalue weighted by atomic mass is 32.2.